The number of sulfonamides is 1. The Kier molecular flexibility index (Phi) is 4.64. The highest BCUT2D eigenvalue weighted by atomic mass is 32.2. The minimum Gasteiger partial charge on any atom is -0.475 e. The second-order valence-electron chi connectivity index (χ2n) is 5.35. The zero-order valence-corrected chi connectivity index (χ0v) is 14.4. The standard InChI is InChI=1S/C15H16FN5O3S/c1-10-9-12(3-4-13(10)16)25(22,23)17-7-8-24-15-6-5-14-19-18-11(2)21(14)20-15/h3-6,9,17H,7-8H2,1-2H3. The molecule has 2 aromatic heterocycles. The molecule has 2 heterocycles. The van der Waals surface area contributed by atoms with Crippen LogP contribution in [0.1, 0.15) is 11.4 Å². The van der Waals surface area contributed by atoms with Crippen molar-refractivity contribution in [1.82, 2.24) is 24.5 Å². The molecule has 3 aromatic rings. The third-order valence-electron chi connectivity index (χ3n) is 3.48. The van der Waals surface area contributed by atoms with E-state index in [4.69, 9.17) is 4.74 Å². The molecule has 8 nitrogen and oxygen atoms in total. The molecule has 0 aliphatic carbocycles. The van der Waals surface area contributed by atoms with Gasteiger partial charge in [-0.3, -0.25) is 0 Å². The van der Waals surface area contributed by atoms with E-state index in [2.05, 4.69) is 20.0 Å². The highest BCUT2D eigenvalue weighted by Crippen LogP contribution is 2.14. The minimum absolute atomic E-state index is 0.00561. The van der Waals surface area contributed by atoms with Crippen molar-refractivity contribution in [3.63, 3.8) is 0 Å². The number of aryl methyl sites for hydroxylation is 2. The molecule has 132 valence electrons. The number of rotatable bonds is 6. The Morgan fingerprint density at radius 2 is 2.00 bits per heavy atom. The van der Waals surface area contributed by atoms with Crippen LogP contribution in [0.5, 0.6) is 5.88 Å². The van der Waals surface area contributed by atoms with Gasteiger partial charge in [-0.2, -0.15) is 4.52 Å². The van der Waals surface area contributed by atoms with Crippen molar-refractivity contribution in [2.24, 2.45) is 0 Å². The predicted molar refractivity (Wildman–Crippen MR) is 87.3 cm³/mol. The highest BCUT2D eigenvalue weighted by molar-refractivity contribution is 7.89. The molecule has 10 heteroatoms. The molecule has 0 saturated heterocycles. The van der Waals surface area contributed by atoms with Gasteiger partial charge in [0.15, 0.2) is 11.5 Å². The summed E-state index contributed by atoms with van der Waals surface area (Å²) in [4.78, 5) is 0.00561. The van der Waals surface area contributed by atoms with E-state index in [1.807, 2.05) is 0 Å². The lowest BCUT2D eigenvalue weighted by Gasteiger charge is -2.09. The number of fused-ring (bicyclic) bond motifs is 1. The molecular weight excluding hydrogens is 349 g/mol. The molecule has 3 rings (SSSR count). The maximum absolute atomic E-state index is 13.2. The molecule has 0 amide bonds. The molecule has 0 aliphatic rings. The Morgan fingerprint density at radius 3 is 2.76 bits per heavy atom. The third kappa shape index (κ3) is 3.74. The third-order valence-corrected chi connectivity index (χ3v) is 4.94. The molecule has 1 aromatic carbocycles. The van der Waals surface area contributed by atoms with Gasteiger partial charge in [0.25, 0.3) is 0 Å². The van der Waals surface area contributed by atoms with Crippen molar-refractivity contribution < 1.29 is 17.5 Å². The number of benzene rings is 1. The van der Waals surface area contributed by atoms with Crippen molar-refractivity contribution in [3.05, 3.63) is 47.5 Å². The Balaban J connectivity index is 1.59. The van der Waals surface area contributed by atoms with Gasteiger partial charge in [-0.25, -0.2) is 17.5 Å². The van der Waals surface area contributed by atoms with Gasteiger partial charge in [-0.15, -0.1) is 15.3 Å². The Hall–Kier alpha value is -2.59. The lowest BCUT2D eigenvalue weighted by atomic mass is 10.2. The summed E-state index contributed by atoms with van der Waals surface area (Å²) in [6, 6.07) is 6.95. The maximum atomic E-state index is 13.2. The minimum atomic E-state index is -3.73. The van der Waals surface area contributed by atoms with Gasteiger partial charge in [-0.1, -0.05) is 0 Å². The van der Waals surface area contributed by atoms with Gasteiger partial charge in [0.05, 0.1) is 4.90 Å². The number of hydrogen-bond donors (Lipinski definition) is 1. The first-order valence-corrected chi connectivity index (χ1v) is 8.93. The van der Waals surface area contributed by atoms with E-state index in [1.165, 1.54) is 23.6 Å². The second-order valence-corrected chi connectivity index (χ2v) is 7.11. The van der Waals surface area contributed by atoms with Crippen LogP contribution in [0.25, 0.3) is 5.65 Å². The second kappa shape index (κ2) is 6.73. The normalized spacial score (nSPS) is 11.8. The van der Waals surface area contributed by atoms with Crippen molar-refractivity contribution >= 4 is 15.7 Å². The molecule has 0 radical (unpaired) electrons. The number of aromatic nitrogens is 4. The first kappa shape index (κ1) is 17.2. The first-order valence-electron chi connectivity index (χ1n) is 7.44. The molecule has 0 atom stereocenters. The lowest BCUT2D eigenvalue weighted by Crippen LogP contribution is -2.28. The van der Waals surface area contributed by atoms with Crippen LogP contribution in [-0.4, -0.2) is 41.4 Å². The van der Waals surface area contributed by atoms with E-state index in [0.717, 1.165) is 6.07 Å². The van der Waals surface area contributed by atoms with Crippen LogP contribution in [0, 0.1) is 19.7 Å². The van der Waals surface area contributed by atoms with Crippen molar-refractivity contribution in [1.29, 1.82) is 0 Å². The van der Waals surface area contributed by atoms with Crippen LogP contribution in [0.4, 0.5) is 4.39 Å². The smallest absolute Gasteiger partial charge is 0.240 e. The van der Waals surface area contributed by atoms with Crippen LogP contribution >= 0.6 is 0 Å². The number of nitrogens with zero attached hydrogens (tertiary/aromatic N) is 4. The Labute approximate surface area is 143 Å². The van der Waals surface area contributed by atoms with E-state index in [1.54, 1.807) is 19.1 Å². The predicted octanol–water partition coefficient (Wildman–Crippen LogP) is 1.24. The Morgan fingerprint density at radius 1 is 1.20 bits per heavy atom. The lowest BCUT2D eigenvalue weighted by molar-refractivity contribution is 0.305. The van der Waals surface area contributed by atoms with E-state index in [9.17, 15) is 12.8 Å². The maximum Gasteiger partial charge on any atom is 0.240 e. The van der Waals surface area contributed by atoms with Crippen molar-refractivity contribution in [2.45, 2.75) is 18.7 Å². The fraction of sp³-hybridized carbons (Fsp3) is 0.267. The van der Waals surface area contributed by atoms with Gasteiger partial charge >= 0.3 is 0 Å². The van der Waals surface area contributed by atoms with E-state index in [0.29, 0.717) is 17.4 Å². The summed E-state index contributed by atoms with van der Waals surface area (Å²) >= 11 is 0. The summed E-state index contributed by atoms with van der Waals surface area (Å²) in [5, 5.41) is 12.0. The zero-order valence-electron chi connectivity index (χ0n) is 13.6. The molecule has 0 aliphatic heterocycles. The average molecular weight is 365 g/mol. The SMILES string of the molecule is Cc1cc(S(=O)(=O)NCCOc2ccc3nnc(C)n3n2)ccc1F. The molecule has 1 N–H and O–H groups in total. The van der Waals surface area contributed by atoms with E-state index in [-0.39, 0.29) is 23.6 Å². The summed E-state index contributed by atoms with van der Waals surface area (Å²) in [5.74, 6) is 0.494. The average Bonchev–Trinajstić information content (AvgIpc) is 2.95. The monoisotopic (exact) mass is 365 g/mol. The largest absolute Gasteiger partial charge is 0.475 e. The van der Waals surface area contributed by atoms with Crippen LogP contribution < -0.4 is 9.46 Å². The summed E-state index contributed by atoms with van der Waals surface area (Å²) < 4.78 is 46.9. The zero-order chi connectivity index (χ0) is 18.0. The Bertz CT molecular complexity index is 1020. The van der Waals surface area contributed by atoms with Gasteiger partial charge in [-0.05, 0) is 43.7 Å². The molecule has 0 saturated carbocycles. The van der Waals surface area contributed by atoms with Crippen LogP contribution in [0.2, 0.25) is 0 Å². The molecule has 0 fully saturated rings. The van der Waals surface area contributed by atoms with Gasteiger partial charge < -0.3 is 4.74 Å². The highest BCUT2D eigenvalue weighted by Gasteiger charge is 2.15. The van der Waals surface area contributed by atoms with Crippen LogP contribution in [0.3, 0.4) is 0 Å². The molecule has 25 heavy (non-hydrogen) atoms. The quantitative estimate of drug-likeness (QED) is 0.660. The number of halogens is 1. The van der Waals surface area contributed by atoms with Gasteiger partial charge in [0.1, 0.15) is 12.4 Å². The molecule has 0 unspecified atom stereocenters. The van der Waals surface area contributed by atoms with Gasteiger partial charge in [0, 0.05) is 12.6 Å². The topological polar surface area (TPSA) is 98.5 Å². The fourth-order valence-corrected chi connectivity index (χ4v) is 3.25. The first-order chi connectivity index (χ1) is 11.9. The van der Waals surface area contributed by atoms with Crippen LogP contribution in [-0.2, 0) is 10.0 Å². The molecular formula is C15H16FN5O3S. The summed E-state index contributed by atoms with van der Waals surface area (Å²) in [7, 11) is -3.73. The van der Waals surface area contributed by atoms with E-state index >= 15 is 0 Å². The number of ether oxygens (including phenoxy) is 1. The van der Waals surface area contributed by atoms with Crippen LogP contribution in [0.15, 0.2) is 35.2 Å². The summed E-state index contributed by atoms with van der Waals surface area (Å²) in [6.07, 6.45) is 0. The molecule has 0 bridgehead atoms. The summed E-state index contributed by atoms with van der Waals surface area (Å²) in [5.41, 5.74) is 0.859. The van der Waals surface area contributed by atoms with Crippen molar-refractivity contribution in [2.75, 3.05) is 13.2 Å². The van der Waals surface area contributed by atoms with Gasteiger partial charge in [0.2, 0.25) is 15.9 Å². The van der Waals surface area contributed by atoms with Crippen molar-refractivity contribution in [3.8, 4) is 5.88 Å². The number of hydrogen-bond acceptors (Lipinski definition) is 6. The number of nitrogens with one attached hydrogen (secondary N) is 1. The molecule has 0 spiro atoms. The summed E-state index contributed by atoms with van der Waals surface area (Å²) in [6.45, 7) is 3.39. The van der Waals surface area contributed by atoms with E-state index < -0.39 is 15.8 Å². The fourth-order valence-electron chi connectivity index (χ4n) is 2.16.